The molecule has 2 saturated heterocycles. The van der Waals surface area contributed by atoms with Gasteiger partial charge in [-0.2, -0.15) is 0 Å². The van der Waals surface area contributed by atoms with Gasteiger partial charge in [0.05, 0.1) is 19.3 Å². The molecule has 104 valence electrons. The minimum atomic E-state index is 0.626. The molecule has 2 aliphatic heterocycles. The highest BCUT2D eigenvalue weighted by molar-refractivity contribution is 5.14. The minimum absolute atomic E-state index is 0.626. The lowest BCUT2D eigenvalue weighted by molar-refractivity contribution is -0.0135. The Balaban J connectivity index is 1.35. The highest BCUT2D eigenvalue weighted by Gasteiger charge is 2.24. The molecule has 0 radical (unpaired) electrons. The molecular weight excluding hydrogens is 236 g/mol. The van der Waals surface area contributed by atoms with E-state index < -0.39 is 0 Å². The fraction of sp³-hybridized carbons (Fsp3) is 0.625. The molecule has 3 nitrogen and oxygen atoms in total. The van der Waals surface area contributed by atoms with Crippen LogP contribution in [0.1, 0.15) is 18.4 Å². The largest absolute Gasteiger partial charge is 0.378 e. The molecule has 0 spiro atoms. The monoisotopic (exact) mass is 260 g/mol. The summed E-state index contributed by atoms with van der Waals surface area (Å²) in [6.07, 6.45) is 3.74. The second-order valence-corrected chi connectivity index (χ2v) is 5.75. The third-order valence-electron chi connectivity index (χ3n) is 4.26. The molecule has 0 atom stereocenters. The lowest BCUT2D eigenvalue weighted by atomic mass is 10.0. The van der Waals surface area contributed by atoms with Crippen LogP contribution in [0.4, 0.5) is 0 Å². The summed E-state index contributed by atoms with van der Waals surface area (Å²) >= 11 is 0. The first-order valence-electron chi connectivity index (χ1n) is 7.50. The normalized spacial score (nSPS) is 22.3. The van der Waals surface area contributed by atoms with Gasteiger partial charge >= 0.3 is 0 Å². The van der Waals surface area contributed by atoms with Crippen LogP contribution < -0.4 is 5.32 Å². The summed E-state index contributed by atoms with van der Waals surface area (Å²) in [5.41, 5.74) is 1.45. The molecule has 3 heteroatoms. The summed E-state index contributed by atoms with van der Waals surface area (Å²) in [6.45, 7) is 5.49. The molecule has 3 rings (SSSR count). The Labute approximate surface area is 115 Å². The average Bonchev–Trinajstić information content (AvgIpc) is 2.43. The van der Waals surface area contributed by atoms with Crippen LogP contribution in [0.5, 0.6) is 0 Å². The van der Waals surface area contributed by atoms with Crippen LogP contribution in [0.3, 0.4) is 0 Å². The maximum Gasteiger partial charge on any atom is 0.0643 e. The Kier molecular flexibility index (Phi) is 4.49. The third-order valence-corrected chi connectivity index (χ3v) is 4.26. The topological polar surface area (TPSA) is 24.5 Å². The van der Waals surface area contributed by atoms with E-state index in [1.807, 2.05) is 0 Å². The SMILES string of the molecule is c1ccc(CCN2CCC(NC3COC3)CC2)cc1. The van der Waals surface area contributed by atoms with Gasteiger partial charge in [-0.15, -0.1) is 0 Å². The van der Waals surface area contributed by atoms with Crippen molar-refractivity contribution in [2.24, 2.45) is 0 Å². The summed E-state index contributed by atoms with van der Waals surface area (Å²) in [4.78, 5) is 2.60. The Morgan fingerprint density at radius 3 is 2.42 bits per heavy atom. The molecule has 0 amide bonds. The number of piperidine rings is 1. The van der Waals surface area contributed by atoms with E-state index in [9.17, 15) is 0 Å². The maximum absolute atomic E-state index is 5.21. The van der Waals surface area contributed by atoms with Crippen molar-refractivity contribution in [3.8, 4) is 0 Å². The molecular formula is C16H24N2O. The number of ether oxygens (including phenoxy) is 1. The highest BCUT2D eigenvalue weighted by atomic mass is 16.5. The Hall–Kier alpha value is -0.900. The predicted molar refractivity (Wildman–Crippen MR) is 77.4 cm³/mol. The summed E-state index contributed by atoms with van der Waals surface area (Å²) in [5, 5.41) is 3.70. The van der Waals surface area contributed by atoms with Crippen LogP contribution in [0.25, 0.3) is 0 Å². The molecule has 1 aromatic carbocycles. The molecule has 1 aromatic rings. The van der Waals surface area contributed by atoms with Crippen LogP contribution in [0.2, 0.25) is 0 Å². The highest BCUT2D eigenvalue weighted by Crippen LogP contribution is 2.13. The number of hydrogen-bond acceptors (Lipinski definition) is 3. The first kappa shape index (κ1) is 13.1. The van der Waals surface area contributed by atoms with Gasteiger partial charge in [-0.1, -0.05) is 30.3 Å². The van der Waals surface area contributed by atoms with Crippen LogP contribution >= 0.6 is 0 Å². The maximum atomic E-state index is 5.21. The molecule has 1 N–H and O–H groups in total. The van der Waals surface area contributed by atoms with Gasteiger partial charge in [-0.3, -0.25) is 0 Å². The quantitative estimate of drug-likeness (QED) is 0.872. The molecule has 0 aromatic heterocycles. The van der Waals surface area contributed by atoms with E-state index in [0.29, 0.717) is 12.1 Å². The van der Waals surface area contributed by atoms with E-state index in [-0.39, 0.29) is 0 Å². The summed E-state index contributed by atoms with van der Waals surface area (Å²) < 4.78 is 5.21. The molecule has 2 aliphatic rings. The van der Waals surface area contributed by atoms with Gasteiger partial charge in [0.15, 0.2) is 0 Å². The van der Waals surface area contributed by atoms with Crippen molar-refractivity contribution in [2.75, 3.05) is 32.8 Å². The van der Waals surface area contributed by atoms with Crippen molar-refractivity contribution in [3.63, 3.8) is 0 Å². The molecule has 0 bridgehead atoms. The number of hydrogen-bond donors (Lipinski definition) is 1. The molecule has 0 unspecified atom stereocenters. The third kappa shape index (κ3) is 3.78. The Morgan fingerprint density at radius 1 is 1.05 bits per heavy atom. The van der Waals surface area contributed by atoms with E-state index in [0.717, 1.165) is 13.2 Å². The number of benzene rings is 1. The van der Waals surface area contributed by atoms with Crippen molar-refractivity contribution in [2.45, 2.75) is 31.3 Å². The van der Waals surface area contributed by atoms with Crippen LogP contribution in [0.15, 0.2) is 30.3 Å². The smallest absolute Gasteiger partial charge is 0.0643 e. The van der Waals surface area contributed by atoms with Gasteiger partial charge in [0.2, 0.25) is 0 Å². The number of nitrogens with zero attached hydrogens (tertiary/aromatic N) is 1. The van der Waals surface area contributed by atoms with E-state index in [2.05, 4.69) is 40.5 Å². The molecule has 2 fully saturated rings. The molecule has 2 heterocycles. The van der Waals surface area contributed by atoms with E-state index >= 15 is 0 Å². The van der Waals surface area contributed by atoms with E-state index in [4.69, 9.17) is 4.74 Å². The molecule has 0 saturated carbocycles. The number of nitrogens with one attached hydrogen (secondary N) is 1. The van der Waals surface area contributed by atoms with Crippen molar-refractivity contribution < 1.29 is 4.74 Å². The van der Waals surface area contributed by atoms with Gasteiger partial charge in [0, 0.05) is 12.6 Å². The zero-order chi connectivity index (χ0) is 12.9. The number of rotatable bonds is 5. The van der Waals surface area contributed by atoms with Gasteiger partial charge in [-0.05, 0) is 37.9 Å². The van der Waals surface area contributed by atoms with Crippen LogP contribution in [-0.4, -0.2) is 49.8 Å². The Morgan fingerprint density at radius 2 is 1.79 bits per heavy atom. The first-order chi connectivity index (χ1) is 9.40. The minimum Gasteiger partial charge on any atom is -0.378 e. The summed E-state index contributed by atoms with van der Waals surface area (Å²) in [6, 6.07) is 12.1. The average molecular weight is 260 g/mol. The van der Waals surface area contributed by atoms with E-state index in [1.165, 1.54) is 44.5 Å². The standard InChI is InChI=1S/C16H24N2O/c1-2-4-14(5-3-1)6-9-18-10-7-15(8-11-18)17-16-12-19-13-16/h1-5,15-17H,6-13H2. The zero-order valence-corrected chi connectivity index (χ0v) is 11.6. The van der Waals surface area contributed by atoms with Crippen molar-refractivity contribution >= 4 is 0 Å². The summed E-state index contributed by atoms with van der Waals surface area (Å²) in [7, 11) is 0. The predicted octanol–water partition coefficient (Wildman–Crippen LogP) is 1.68. The van der Waals surface area contributed by atoms with Gasteiger partial charge in [-0.25, -0.2) is 0 Å². The zero-order valence-electron chi connectivity index (χ0n) is 11.6. The fourth-order valence-corrected chi connectivity index (χ4v) is 2.92. The fourth-order valence-electron chi connectivity index (χ4n) is 2.92. The first-order valence-corrected chi connectivity index (χ1v) is 7.50. The van der Waals surface area contributed by atoms with Gasteiger partial charge in [0.1, 0.15) is 0 Å². The second-order valence-electron chi connectivity index (χ2n) is 5.75. The van der Waals surface area contributed by atoms with Gasteiger partial charge in [0.25, 0.3) is 0 Å². The van der Waals surface area contributed by atoms with Crippen molar-refractivity contribution in [3.05, 3.63) is 35.9 Å². The van der Waals surface area contributed by atoms with Crippen LogP contribution in [-0.2, 0) is 11.2 Å². The Bertz CT molecular complexity index is 370. The second kappa shape index (κ2) is 6.51. The summed E-state index contributed by atoms with van der Waals surface area (Å²) in [5.74, 6) is 0. The lowest BCUT2D eigenvalue weighted by Crippen LogP contribution is -2.53. The number of likely N-dealkylation sites (tertiary alicyclic amines) is 1. The van der Waals surface area contributed by atoms with E-state index in [1.54, 1.807) is 0 Å². The van der Waals surface area contributed by atoms with Crippen molar-refractivity contribution in [1.82, 2.24) is 10.2 Å². The van der Waals surface area contributed by atoms with Crippen molar-refractivity contribution in [1.29, 1.82) is 0 Å². The molecule has 0 aliphatic carbocycles. The van der Waals surface area contributed by atoms with Crippen LogP contribution in [0, 0.1) is 0 Å². The molecule has 19 heavy (non-hydrogen) atoms. The lowest BCUT2D eigenvalue weighted by Gasteiger charge is -2.37. The van der Waals surface area contributed by atoms with Gasteiger partial charge < -0.3 is 15.0 Å².